The molecule has 0 aromatic heterocycles. The van der Waals surface area contributed by atoms with Crippen molar-refractivity contribution in [3.63, 3.8) is 0 Å². The van der Waals surface area contributed by atoms with Crippen LogP contribution in [0.3, 0.4) is 0 Å². The molecule has 0 radical (unpaired) electrons. The zero-order valence-electron chi connectivity index (χ0n) is 20.2. The van der Waals surface area contributed by atoms with E-state index in [9.17, 15) is 9.18 Å². The Morgan fingerprint density at radius 1 is 1.10 bits per heavy atom. The van der Waals surface area contributed by atoms with Gasteiger partial charge in [0.05, 0.1) is 5.92 Å². The van der Waals surface area contributed by atoms with Gasteiger partial charge in [-0.15, -0.1) is 0 Å². The van der Waals surface area contributed by atoms with E-state index in [0.717, 1.165) is 24.2 Å². The molecular weight excluding hydrogens is 385 g/mol. The number of anilines is 1. The van der Waals surface area contributed by atoms with E-state index in [4.69, 9.17) is 0 Å². The zero-order chi connectivity index (χ0) is 23.4. The molecule has 0 spiro atoms. The van der Waals surface area contributed by atoms with Crippen molar-refractivity contribution in [2.24, 2.45) is 5.92 Å². The molecule has 3 heteroatoms. The predicted molar refractivity (Wildman–Crippen MR) is 132 cm³/mol. The van der Waals surface area contributed by atoms with Gasteiger partial charge in [0.25, 0.3) is 0 Å². The molecule has 1 N–H and O–H groups in total. The summed E-state index contributed by atoms with van der Waals surface area (Å²) in [5, 5.41) is 3.30. The average molecular weight is 424 g/mol. The molecule has 1 atom stereocenters. The summed E-state index contributed by atoms with van der Waals surface area (Å²) in [6.07, 6.45) is 7.23. The molecule has 2 aromatic carbocycles. The van der Waals surface area contributed by atoms with Crippen LogP contribution < -0.4 is 5.32 Å². The Morgan fingerprint density at radius 3 is 2.26 bits per heavy atom. The normalized spacial score (nSPS) is 12.6. The highest BCUT2D eigenvalue weighted by molar-refractivity contribution is 5.82. The maximum atomic E-state index is 13.2. The molecule has 2 aromatic rings. The average Bonchev–Trinajstić information content (AvgIpc) is 2.74. The van der Waals surface area contributed by atoms with E-state index < -0.39 is 0 Å². The molecule has 2 nitrogen and oxygen atoms in total. The first-order valence-corrected chi connectivity index (χ1v) is 11.2. The smallest absolute Gasteiger partial charge is 0.138 e. The van der Waals surface area contributed by atoms with E-state index >= 15 is 0 Å². The molecule has 0 aliphatic carbocycles. The molecule has 0 fully saturated rings. The fraction of sp³-hybridized carbons (Fsp3) is 0.393. The Morgan fingerprint density at radius 2 is 1.71 bits per heavy atom. The third-order valence-electron chi connectivity index (χ3n) is 5.32. The van der Waals surface area contributed by atoms with Gasteiger partial charge in [-0.25, -0.2) is 4.39 Å². The Kier molecular flexibility index (Phi) is 11.6. The van der Waals surface area contributed by atoms with Gasteiger partial charge in [0.2, 0.25) is 0 Å². The molecule has 1 unspecified atom stereocenters. The lowest BCUT2D eigenvalue weighted by molar-refractivity contribution is -0.119. The fourth-order valence-electron chi connectivity index (χ4n) is 3.05. The van der Waals surface area contributed by atoms with Crippen LogP contribution in [0, 0.1) is 25.6 Å². The fourth-order valence-corrected chi connectivity index (χ4v) is 3.05. The minimum Gasteiger partial charge on any atom is -0.358 e. The number of carbonyl (C=O) groups is 1. The van der Waals surface area contributed by atoms with Crippen LogP contribution in [0.5, 0.6) is 0 Å². The highest BCUT2D eigenvalue weighted by Crippen LogP contribution is 2.22. The Hall–Kier alpha value is -2.68. The number of hydrogen-bond acceptors (Lipinski definition) is 2. The molecule has 168 valence electrons. The Bertz CT molecular complexity index is 894. The van der Waals surface area contributed by atoms with Crippen molar-refractivity contribution < 1.29 is 9.18 Å². The van der Waals surface area contributed by atoms with Crippen LogP contribution in [0.1, 0.15) is 64.2 Å². The second-order valence-corrected chi connectivity index (χ2v) is 7.99. The monoisotopic (exact) mass is 423 g/mol. The second-order valence-electron chi connectivity index (χ2n) is 7.99. The second kappa shape index (κ2) is 13.6. The third-order valence-corrected chi connectivity index (χ3v) is 5.32. The van der Waals surface area contributed by atoms with Crippen molar-refractivity contribution in [1.82, 2.24) is 0 Å². The van der Waals surface area contributed by atoms with Crippen molar-refractivity contribution >= 4 is 11.5 Å². The van der Waals surface area contributed by atoms with Gasteiger partial charge in [-0.05, 0) is 94.5 Å². The van der Waals surface area contributed by atoms with Crippen molar-refractivity contribution in [3.05, 3.63) is 88.4 Å². The van der Waals surface area contributed by atoms with Gasteiger partial charge in [0, 0.05) is 11.4 Å². The largest absolute Gasteiger partial charge is 0.358 e. The first-order valence-electron chi connectivity index (χ1n) is 11.2. The summed E-state index contributed by atoms with van der Waals surface area (Å²) in [5.41, 5.74) is 6.75. The van der Waals surface area contributed by atoms with E-state index in [2.05, 4.69) is 63.4 Å². The van der Waals surface area contributed by atoms with E-state index in [1.807, 2.05) is 13.8 Å². The molecule has 0 saturated heterocycles. The standard InChI is InChI=1S/C25H30FNO.C3H8/c1-6-21(10-11-22-9-7-8-17(2)18(22)3)16-25(19(4)20(5)28)27-24-14-12-23(26)13-15-24;1-3-2/h6-9,12-16,19,27H,10-11H2,1-5H3;3H2,1-2H3/b21-6-,25-16+;. The molecule has 0 aliphatic rings. The molecule has 0 aliphatic heterocycles. The first kappa shape index (κ1) is 26.4. The number of aryl methyl sites for hydroxylation is 2. The van der Waals surface area contributed by atoms with Gasteiger partial charge < -0.3 is 5.32 Å². The lowest BCUT2D eigenvalue weighted by atomic mass is 9.95. The number of Topliss-reactive ketones (excluding diaryl/α,β-unsaturated/α-hetero) is 1. The van der Waals surface area contributed by atoms with Crippen LogP contribution in [0.2, 0.25) is 0 Å². The summed E-state index contributed by atoms with van der Waals surface area (Å²) < 4.78 is 13.2. The van der Waals surface area contributed by atoms with E-state index in [1.165, 1.54) is 40.8 Å². The maximum Gasteiger partial charge on any atom is 0.138 e. The SMILES string of the molecule is C/C=C(\C=C(\Nc1ccc(F)cc1)C(C)C(C)=O)CCc1cccc(C)c1C.CCC. The molecule has 0 bridgehead atoms. The van der Waals surface area contributed by atoms with Crippen molar-refractivity contribution in [1.29, 1.82) is 0 Å². The van der Waals surface area contributed by atoms with Gasteiger partial charge in [-0.3, -0.25) is 4.79 Å². The van der Waals surface area contributed by atoms with E-state index in [1.54, 1.807) is 19.1 Å². The van der Waals surface area contributed by atoms with Crippen LogP contribution in [-0.4, -0.2) is 5.78 Å². The molecule has 0 saturated carbocycles. The van der Waals surface area contributed by atoms with Gasteiger partial charge in [0.15, 0.2) is 0 Å². The number of nitrogens with one attached hydrogen (secondary N) is 1. The minimum atomic E-state index is -0.279. The quantitative estimate of drug-likeness (QED) is 0.436. The van der Waals surface area contributed by atoms with Crippen molar-refractivity contribution in [2.45, 2.75) is 67.7 Å². The van der Waals surface area contributed by atoms with Gasteiger partial charge in [0.1, 0.15) is 11.6 Å². The highest BCUT2D eigenvalue weighted by atomic mass is 19.1. The van der Waals surface area contributed by atoms with Gasteiger partial charge in [-0.2, -0.15) is 0 Å². The third kappa shape index (κ3) is 8.92. The van der Waals surface area contributed by atoms with Crippen LogP contribution in [0.25, 0.3) is 0 Å². The van der Waals surface area contributed by atoms with Crippen molar-refractivity contribution in [3.8, 4) is 0 Å². The number of benzene rings is 2. The van der Waals surface area contributed by atoms with E-state index in [0.29, 0.717) is 0 Å². The number of allylic oxidation sites excluding steroid dienone is 4. The number of halogens is 1. The summed E-state index contributed by atoms with van der Waals surface area (Å²) in [4.78, 5) is 12.0. The lowest BCUT2D eigenvalue weighted by Crippen LogP contribution is -2.16. The summed E-state index contributed by atoms with van der Waals surface area (Å²) in [5.74, 6) is -0.454. The van der Waals surface area contributed by atoms with Gasteiger partial charge in [-0.1, -0.05) is 50.1 Å². The summed E-state index contributed by atoms with van der Waals surface area (Å²) >= 11 is 0. The lowest BCUT2D eigenvalue weighted by Gasteiger charge is -2.17. The molecule has 0 heterocycles. The molecular formula is C28H38FNO. The molecule has 31 heavy (non-hydrogen) atoms. The summed E-state index contributed by atoms with van der Waals surface area (Å²) in [7, 11) is 0. The predicted octanol–water partition coefficient (Wildman–Crippen LogP) is 7.96. The Balaban J connectivity index is 0.00000151. The van der Waals surface area contributed by atoms with Crippen LogP contribution in [0.4, 0.5) is 10.1 Å². The van der Waals surface area contributed by atoms with E-state index in [-0.39, 0.29) is 17.5 Å². The first-order chi connectivity index (χ1) is 14.7. The highest BCUT2D eigenvalue weighted by Gasteiger charge is 2.15. The van der Waals surface area contributed by atoms with Crippen LogP contribution in [-0.2, 0) is 11.2 Å². The number of hydrogen-bond donors (Lipinski definition) is 1. The maximum absolute atomic E-state index is 13.2. The van der Waals surface area contributed by atoms with Crippen molar-refractivity contribution in [2.75, 3.05) is 5.32 Å². The molecule has 0 amide bonds. The molecule has 2 rings (SSSR count). The summed E-state index contributed by atoms with van der Waals surface area (Å²) in [6.45, 7) is 14.0. The minimum absolute atomic E-state index is 0.0887. The summed E-state index contributed by atoms with van der Waals surface area (Å²) in [6, 6.07) is 12.6. The van der Waals surface area contributed by atoms with Crippen LogP contribution in [0.15, 0.2) is 65.9 Å². The van der Waals surface area contributed by atoms with Crippen LogP contribution >= 0.6 is 0 Å². The zero-order valence-corrected chi connectivity index (χ0v) is 20.2. The number of rotatable bonds is 8. The number of ketones is 1. The number of carbonyl (C=O) groups excluding carboxylic acids is 1. The van der Waals surface area contributed by atoms with Gasteiger partial charge >= 0.3 is 0 Å². The topological polar surface area (TPSA) is 29.1 Å². The Labute approximate surface area is 188 Å².